The maximum atomic E-state index is 11.0. The highest BCUT2D eigenvalue weighted by atomic mass is 16.6. The number of hydrogen-bond acceptors (Lipinski definition) is 5. The van der Waals surface area contributed by atoms with Crippen molar-refractivity contribution in [3.8, 4) is 0 Å². The van der Waals surface area contributed by atoms with Crippen LogP contribution in [0.3, 0.4) is 0 Å². The summed E-state index contributed by atoms with van der Waals surface area (Å²) in [5, 5.41) is 20.0. The largest absolute Gasteiger partial charge is 0.392 e. The second-order valence-electron chi connectivity index (χ2n) is 3.86. The summed E-state index contributed by atoms with van der Waals surface area (Å²) >= 11 is 0. The molecule has 1 aromatic carbocycles. The van der Waals surface area contributed by atoms with Gasteiger partial charge in [0, 0.05) is 26.3 Å². The minimum atomic E-state index is -0.439. The monoisotopic (exact) mass is 254 g/mol. The molecule has 100 valence electrons. The molecule has 1 aromatic rings. The third kappa shape index (κ3) is 3.68. The molecule has 0 radical (unpaired) electrons. The Morgan fingerprint density at radius 2 is 2.22 bits per heavy atom. The highest BCUT2D eigenvalue weighted by Gasteiger charge is 2.17. The molecule has 0 bridgehead atoms. The average Bonchev–Trinajstić information content (AvgIpc) is 2.38. The van der Waals surface area contributed by atoms with Gasteiger partial charge < -0.3 is 14.7 Å². The summed E-state index contributed by atoms with van der Waals surface area (Å²) in [4.78, 5) is 12.3. The smallest absolute Gasteiger partial charge is 0.292 e. The lowest BCUT2D eigenvalue weighted by molar-refractivity contribution is -0.384. The van der Waals surface area contributed by atoms with Gasteiger partial charge in [0.15, 0.2) is 0 Å². The fourth-order valence-electron chi connectivity index (χ4n) is 1.60. The molecule has 0 aliphatic rings. The van der Waals surface area contributed by atoms with E-state index in [9.17, 15) is 10.1 Å². The number of likely N-dealkylation sites (N-methyl/N-ethyl adjacent to an activating group) is 1. The van der Waals surface area contributed by atoms with E-state index in [-0.39, 0.29) is 12.3 Å². The van der Waals surface area contributed by atoms with Gasteiger partial charge in [-0.3, -0.25) is 10.1 Å². The molecule has 0 heterocycles. The van der Waals surface area contributed by atoms with Crippen molar-refractivity contribution in [1.82, 2.24) is 0 Å². The van der Waals surface area contributed by atoms with Crippen molar-refractivity contribution in [3.63, 3.8) is 0 Å². The van der Waals surface area contributed by atoms with Gasteiger partial charge in [-0.2, -0.15) is 0 Å². The maximum Gasteiger partial charge on any atom is 0.292 e. The number of aliphatic hydroxyl groups is 1. The molecule has 6 nitrogen and oxygen atoms in total. The number of nitro benzene ring substituents is 1. The summed E-state index contributed by atoms with van der Waals surface area (Å²) in [6.07, 6.45) is 0. The van der Waals surface area contributed by atoms with E-state index in [1.54, 1.807) is 24.1 Å². The highest BCUT2D eigenvalue weighted by Crippen LogP contribution is 2.28. The summed E-state index contributed by atoms with van der Waals surface area (Å²) in [6, 6.07) is 4.72. The lowest BCUT2D eigenvalue weighted by atomic mass is 10.1. The van der Waals surface area contributed by atoms with Crippen LogP contribution in [-0.4, -0.2) is 36.8 Å². The van der Waals surface area contributed by atoms with Gasteiger partial charge in [0.1, 0.15) is 5.69 Å². The SMILES string of the molecule is CCOCCN(C)c1ccc(CO)cc1[N+](=O)[O-]. The van der Waals surface area contributed by atoms with E-state index < -0.39 is 4.92 Å². The Hall–Kier alpha value is -1.66. The van der Waals surface area contributed by atoms with Crippen molar-refractivity contribution < 1.29 is 14.8 Å². The molecular formula is C12H18N2O4. The third-order valence-corrected chi connectivity index (χ3v) is 2.61. The molecule has 0 saturated heterocycles. The third-order valence-electron chi connectivity index (χ3n) is 2.61. The number of nitrogens with zero attached hydrogens (tertiary/aromatic N) is 2. The van der Waals surface area contributed by atoms with Gasteiger partial charge in [0.2, 0.25) is 0 Å². The van der Waals surface area contributed by atoms with Gasteiger partial charge in [-0.25, -0.2) is 0 Å². The van der Waals surface area contributed by atoms with Crippen molar-refractivity contribution in [2.75, 3.05) is 31.7 Å². The van der Waals surface area contributed by atoms with Crippen molar-refractivity contribution in [1.29, 1.82) is 0 Å². The zero-order valence-electron chi connectivity index (χ0n) is 10.6. The van der Waals surface area contributed by atoms with E-state index in [0.29, 0.717) is 31.0 Å². The topological polar surface area (TPSA) is 75.8 Å². The van der Waals surface area contributed by atoms with Gasteiger partial charge >= 0.3 is 0 Å². The number of anilines is 1. The Morgan fingerprint density at radius 3 is 2.78 bits per heavy atom. The van der Waals surface area contributed by atoms with Crippen LogP contribution in [-0.2, 0) is 11.3 Å². The molecule has 0 atom stereocenters. The molecule has 6 heteroatoms. The van der Waals surface area contributed by atoms with Gasteiger partial charge in [0.25, 0.3) is 5.69 Å². The summed E-state index contributed by atoms with van der Waals surface area (Å²) < 4.78 is 5.22. The van der Waals surface area contributed by atoms with E-state index in [0.717, 1.165) is 0 Å². The van der Waals surface area contributed by atoms with Gasteiger partial charge in [0.05, 0.1) is 18.1 Å². The lowest BCUT2D eigenvalue weighted by Crippen LogP contribution is -2.23. The van der Waals surface area contributed by atoms with Crippen LogP contribution in [0.1, 0.15) is 12.5 Å². The normalized spacial score (nSPS) is 10.4. The van der Waals surface area contributed by atoms with Crippen molar-refractivity contribution in [2.24, 2.45) is 0 Å². The molecule has 0 fully saturated rings. The Bertz CT molecular complexity index is 409. The van der Waals surface area contributed by atoms with Gasteiger partial charge in [-0.1, -0.05) is 6.07 Å². The van der Waals surface area contributed by atoms with E-state index in [2.05, 4.69) is 0 Å². The predicted molar refractivity (Wildman–Crippen MR) is 68.8 cm³/mol. The first-order chi connectivity index (χ1) is 8.60. The van der Waals surface area contributed by atoms with Crippen LogP contribution in [0.5, 0.6) is 0 Å². The Labute approximate surface area is 106 Å². The summed E-state index contributed by atoms with van der Waals surface area (Å²) in [6.45, 7) is 3.42. The highest BCUT2D eigenvalue weighted by molar-refractivity contribution is 5.63. The summed E-state index contributed by atoms with van der Waals surface area (Å²) in [7, 11) is 1.78. The van der Waals surface area contributed by atoms with Crippen LogP contribution < -0.4 is 4.90 Å². The van der Waals surface area contributed by atoms with Crippen LogP contribution in [0, 0.1) is 10.1 Å². The molecule has 0 saturated carbocycles. The molecule has 0 aliphatic carbocycles. The minimum Gasteiger partial charge on any atom is -0.392 e. The predicted octanol–water partition coefficient (Wildman–Crippen LogP) is 1.56. The number of hydrogen-bond donors (Lipinski definition) is 1. The zero-order valence-corrected chi connectivity index (χ0v) is 10.6. The van der Waals surface area contributed by atoms with Crippen molar-refractivity contribution in [3.05, 3.63) is 33.9 Å². The number of ether oxygens (including phenoxy) is 1. The number of aliphatic hydroxyl groups excluding tert-OH is 1. The zero-order chi connectivity index (χ0) is 13.5. The molecule has 0 spiro atoms. The Kier molecular flexibility index (Phi) is 5.54. The molecule has 18 heavy (non-hydrogen) atoms. The van der Waals surface area contributed by atoms with E-state index in [4.69, 9.17) is 9.84 Å². The average molecular weight is 254 g/mol. The van der Waals surface area contributed by atoms with Gasteiger partial charge in [-0.05, 0) is 18.6 Å². The summed E-state index contributed by atoms with van der Waals surface area (Å²) in [5.41, 5.74) is 1.06. The van der Waals surface area contributed by atoms with Crippen LogP contribution in [0.25, 0.3) is 0 Å². The molecule has 0 unspecified atom stereocenters. The fourth-order valence-corrected chi connectivity index (χ4v) is 1.60. The van der Waals surface area contributed by atoms with Crippen LogP contribution >= 0.6 is 0 Å². The molecular weight excluding hydrogens is 236 g/mol. The maximum absolute atomic E-state index is 11.0. The Balaban J connectivity index is 2.89. The standard InChI is InChI=1S/C12H18N2O4/c1-3-18-7-6-13(2)11-5-4-10(9-15)8-12(11)14(16)17/h4-5,8,15H,3,6-7,9H2,1-2H3. The first-order valence-electron chi connectivity index (χ1n) is 5.77. The van der Waals surface area contributed by atoms with E-state index >= 15 is 0 Å². The molecule has 1 rings (SSSR count). The summed E-state index contributed by atoms with van der Waals surface area (Å²) in [5.74, 6) is 0. The molecule has 0 aromatic heterocycles. The number of rotatable bonds is 7. The van der Waals surface area contributed by atoms with E-state index in [1.807, 2.05) is 6.92 Å². The first-order valence-corrected chi connectivity index (χ1v) is 5.77. The Morgan fingerprint density at radius 1 is 1.50 bits per heavy atom. The molecule has 0 aliphatic heterocycles. The fraction of sp³-hybridized carbons (Fsp3) is 0.500. The minimum absolute atomic E-state index is 0.000508. The number of nitro groups is 1. The van der Waals surface area contributed by atoms with Crippen molar-refractivity contribution in [2.45, 2.75) is 13.5 Å². The van der Waals surface area contributed by atoms with Gasteiger partial charge in [-0.15, -0.1) is 0 Å². The quantitative estimate of drug-likeness (QED) is 0.454. The van der Waals surface area contributed by atoms with Crippen LogP contribution in [0.4, 0.5) is 11.4 Å². The second-order valence-corrected chi connectivity index (χ2v) is 3.86. The molecule has 1 N–H and O–H groups in total. The lowest BCUT2D eigenvalue weighted by Gasteiger charge is -2.19. The van der Waals surface area contributed by atoms with Crippen molar-refractivity contribution >= 4 is 11.4 Å². The van der Waals surface area contributed by atoms with Crippen LogP contribution in [0.15, 0.2) is 18.2 Å². The van der Waals surface area contributed by atoms with Crippen LogP contribution in [0.2, 0.25) is 0 Å². The first kappa shape index (κ1) is 14.4. The van der Waals surface area contributed by atoms with E-state index in [1.165, 1.54) is 6.07 Å². The molecule has 0 amide bonds. The number of benzene rings is 1. The second kappa shape index (κ2) is 6.93.